The predicted molar refractivity (Wildman–Crippen MR) is 279 cm³/mol. The molecule has 4 aromatic carbocycles. The number of halogens is 7. The number of likely N-dealkylation sites (tertiary alicyclic amines) is 2. The van der Waals surface area contributed by atoms with Crippen LogP contribution in [0.25, 0.3) is 21.8 Å². The standard InChI is InChI=1S/C27H31F3N2O4S.C24H29N3O2.C2H2ClF3O2S/c1-26(2,3)36-25(33)32-16-22(23-9-4-5-10-24(23)32)15-31-12-11-21(14-31)20-8-6-7-19(13-20)17-37(34,35)18-27(28,29)30;1-24(2,3)29-23(28)27-16-19(21-9-4-5-10-22(21)27)15-26-12-11-18(14-26)17-7-6-8-20(25)13-17;3-9(7,8)1-2(4,5)6/h4-10,13,16,21H,11-12,14-15,17-18H2,1-3H3;4-10,13,16,18H,11-12,14-15,25H2,1-3H3;1H2. The number of hydrogen-bond donors (Lipinski definition) is 1. The summed E-state index contributed by atoms with van der Waals surface area (Å²) >= 11 is 0. The molecule has 2 aromatic heterocycles. The Morgan fingerprint density at radius 3 is 1.44 bits per heavy atom. The molecule has 2 N–H and O–H groups in total. The molecule has 408 valence electrons. The molecule has 2 atom stereocenters. The Morgan fingerprint density at radius 2 is 1.04 bits per heavy atom. The Labute approximate surface area is 437 Å². The number of fused-ring (bicyclic) bond motifs is 2. The number of rotatable bonds is 10. The highest BCUT2D eigenvalue weighted by Crippen LogP contribution is 2.34. The van der Waals surface area contributed by atoms with Crippen LogP contribution in [-0.4, -0.2) is 109 Å². The Balaban J connectivity index is 0.000000214. The predicted octanol–water partition coefficient (Wildman–Crippen LogP) is 12.0. The van der Waals surface area contributed by atoms with Crippen molar-refractivity contribution in [3.63, 3.8) is 0 Å². The normalized spacial score (nSPS) is 17.1. The summed E-state index contributed by atoms with van der Waals surface area (Å²) in [4.78, 5) is 30.2. The van der Waals surface area contributed by atoms with E-state index in [9.17, 15) is 52.8 Å². The summed E-state index contributed by atoms with van der Waals surface area (Å²) in [6.45, 7) is 16.1. The van der Waals surface area contributed by atoms with Crippen LogP contribution in [0.5, 0.6) is 0 Å². The smallest absolute Gasteiger partial charge is 0.419 e. The van der Waals surface area contributed by atoms with Gasteiger partial charge in [0, 0.05) is 65.7 Å². The van der Waals surface area contributed by atoms with E-state index in [1.165, 1.54) is 10.1 Å². The summed E-state index contributed by atoms with van der Waals surface area (Å²) in [5, 5.41) is 2.07. The van der Waals surface area contributed by atoms with Crippen LogP contribution in [0, 0.1) is 0 Å². The van der Waals surface area contributed by atoms with Gasteiger partial charge in [0.15, 0.2) is 15.6 Å². The molecule has 13 nitrogen and oxygen atoms in total. The molecule has 2 fully saturated rings. The van der Waals surface area contributed by atoms with Gasteiger partial charge >= 0.3 is 24.5 Å². The number of nitrogens with zero attached hydrogens (tertiary/aromatic N) is 4. The molecular weight excluding hydrogens is 1050 g/mol. The molecule has 22 heteroatoms. The second kappa shape index (κ2) is 23.3. The van der Waals surface area contributed by atoms with Crippen LogP contribution in [-0.2, 0) is 47.2 Å². The number of carbonyl (C=O) groups excluding carboxylic acids is 2. The Bertz CT molecular complexity index is 3200. The Morgan fingerprint density at radius 1 is 0.613 bits per heavy atom. The Hall–Kier alpha value is -5.61. The molecule has 2 saturated heterocycles. The molecule has 0 amide bonds. The lowest BCUT2D eigenvalue weighted by Crippen LogP contribution is -2.26. The fourth-order valence-corrected chi connectivity index (χ4v) is 11.2. The number of ether oxygens (including phenoxy) is 2. The van der Waals surface area contributed by atoms with E-state index >= 15 is 0 Å². The number of aromatic nitrogens is 2. The molecule has 2 aliphatic heterocycles. The number of carbonyl (C=O) groups is 2. The lowest BCUT2D eigenvalue weighted by molar-refractivity contribution is -0.107. The van der Waals surface area contributed by atoms with Gasteiger partial charge in [-0.1, -0.05) is 72.8 Å². The monoisotopic (exact) mass is 1110 g/mol. The number of anilines is 1. The van der Waals surface area contributed by atoms with Crippen molar-refractivity contribution in [1.29, 1.82) is 0 Å². The van der Waals surface area contributed by atoms with Crippen molar-refractivity contribution in [1.82, 2.24) is 18.9 Å². The van der Waals surface area contributed by atoms with Crippen molar-refractivity contribution < 1.29 is 62.2 Å². The van der Waals surface area contributed by atoms with E-state index in [1.807, 2.05) is 115 Å². The number of sulfone groups is 1. The zero-order valence-electron chi connectivity index (χ0n) is 42.4. The summed E-state index contributed by atoms with van der Waals surface area (Å²) in [6.07, 6.45) is -4.55. The summed E-state index contributed by atoms with van der Waals surface area (Å²) in [6, 6.07) is 30.8. The molecular formula is C53H62ClF6N5O8S2. The number of nitrogen functional groups attached to an aromatic ring is 1. The van der Waals surface area contributed by atoms with Crippen molar-refractivity contribution in [2.24, 2.45) is 0 Å². The average molecular weight is 1110 g/mol. The van der Waals surface area contributed by atoms with Gasteiger partial charge in [-0.3, -0.25) is 18.9 Å². The average Bonchev–Trinajstić information content (AvgIpc) is 4.08. The van der Waals surface area contributed by atoms with Crippen molar-refractivity contribution in [2.75, 3.05) is 43.4 Å². The van der Waals surface area contributed by atoms with Gasteiger partial charge < -0.3 is 15.2 Å². The summed E-state index contributed by atoms with van der Waals surface area (Å²) in [5.74, 6) is -3.80. The molecule has 0 aliphatic carbocycles. The van der Waals surface area contributed by atoms with Gasteiger partial charge in [0.2, 0.25) is 9.05 Å². The number of hydrogen-bond acceptors (Lipinski definition) is 11. The number of benzene rings is 4. The third kappa shape index (κ3) is 18.0. The first kappa shape index (κ1) is 58.6. The molecule has 4 heterocycles. The van der Waals surface area contributed by atoms with Gasteiger partial charge in [0.25, 0.3) is 0 Å². The summed E-state index contributed by atoms with van der Waals surface area (Å²) in [5.41, 5.74) is 12.0. The first-order chi connectivity index (χ1) is 34.7. The number of alkyl halides is 6. The van der Waals surface area contributed by atoms with Crippen LogP contribution in [0.15, 0.2) is 109 Å². The maximum Gasteiger partial charge on any atom is 0.419 e. The minimum absolute atomic E-state index is 0.129. The van der Waals surface area contributed by atoms with Crippen LogP contribution in [0.2, 0.25) is 0 Å². The molecule has 0 radical (unpaired) electrons. The fraction of sp³-hybridized carbons (Fsp3) is 0.434. The van der Waals surface area contributed by atoms with Gasteiger partial charge in [-0.25, -0.2) is 26.4 Å². The SMILES string of the molecule is CC(C)(C)OC(=O)n1cc(CN2CCC(c3cccc(CS(=O)(=O)CC(F)(F)F)c3)C2)c2ccccc21.CC(C)(C)OC(=O)n1cc(CN2CCC(c3cccc(N)c3)C2)c2ccccc21.O=S(=O)(Cl)CC(F)(F)F. The molecule has 6 aromatic rings. The molecule has 8 rings (SSSR count). The molecule has 2 aliphatic rings. The quantitative estimate of drug-likeness (QED) is 0.0789. The van der Waals surface area contributed by atoms with Crippen molar-refractivity contribution in [3.8, 4) is 0 Å². The van der Waals surface area contributed by atoms with E-state index in [-0.39, 0.29) is 12.0 Å². The van der Waals surface area contributed by atoms with E-state index in [0.29, 0.717) is 24.6 Å². The molecule has 0 spiro atoms. The second-order valence-corrected chi connectivity index (χ2v) is 25.7. The number of nitrogens with two attached hydrogens (primary N) is 1. The van der Waals surface area contributed by atoms with Crippen LogP contribution in [0.3, 0.4) is 0 Å². The van der Waals surface area contributed by atoms with Crippen LogP contribution < -0.4 is 5.73 Å². The van der Waals surface area contributed by atoms with Gasteiger partial charge in [0.1, 0.15) is 17.0 Å². The van der Waals surface area contributed by atoms with E-state index in [4.69, 9.17) is 15.2 Å². The fourth-order valence-electron chi connectivity index (χ4n) is 9.15. The summed E-state index contributed by atoms with van der Waals surface area (Å²) in [7, 11) is -4.46. The van der Waals surface area contributed by atoms with Gasteiger partial charge in [-0.2, -0.15) is 26.3 Å². The topological polar surface area (TPSA) is 163 Å². The minimum atomic E-state index is -4.75. The van der Waals surface area contributed by atoms with Crippen molar-refractivity contribution >= 4 is 69.3 Å². The van der Waals surface area contributed by atoms with E-state index in [2.05, 4.69) is 38.7 Å². The van der Waals surface area contributed by atoms with Gasteiger partial charge in [0.05, 0.1) is 16.8 Å². The molecule has 0 bridgehead atoms. The van der Waals surface area contributed by atoms with Crippen LogP contribution in [0.1, 0.15) is 94.0 Å². The number of para-hydroxylation sites is 2. The zero-order valence-corrected chi connectivity index (χ0v) is 44.8. The first-order valence-corrected chi connectivity index (χ1v) is 28.3. The molecule has 0 saturated carbocycles. The lowest BCUT2D eigenvalue weighted by Gasteiger charge is -2.19. The van der Waals surface area contributed by atoms with E-state index in [0.717, 1.165) is 83.2 Å². The highest BCUT2D eigenvalue weighted by molar-refractivity contribution is 8.13. The van der Waals surface area contributed by atoms with Crippen molar-refractivity contribution in [2.45, 2.75) is 109 Å². The maximum absolute atomic E-state index is 12.8. The highest BCUT2D eigenvalue weighted by atomic mass is 35.7. The third-order valence-corrected chi connectivity index (χ3v) is 14.6. The lowest BCUT2D eigenvalue weighted by atomic mass is 9.97. The largest absolute Gasteiger partial charge is 0.443 e. The first-order valence-electron chi connectivity index (χ1n) is 24.0. The molecule has 2 unspecified atom stereocenters. The van der Waals surface area contributed by atoms with Crippen LogP contribution in [0.4, 0.5) is 41.6 Å². The zero-order chi connectivity index (χ0) is 55.3. The molecule has 75 heavy (non-hydrogen) atoms. The second-order valence-electron chi connectivity index (χ2n) is 20.8. The van der Waals surface area contributed by atoms with Gasteiger partial charge in [-0.05, 0) is 131 Å². The van der Waals surface area contributed by atoms with Crippen LogP contribution >= 0.6 is 10.7 Å². The van der Waals surface area contributed by atoms with Crippen molar-refractivity contribution in [3.05, 3.63) is 137 Å². The summed E-state index contributed by atoms with van der Waals surface area (Å²) < 4.78 is 129. The van der Waals surface area contributed by atoms with E-state index in [1.54, 1.807) is 22.8 Å². The Kier molecular flexibility index (Phi) is 18.2. The van der Waals surface area contributed by atoms with E-state index < -0.39 is 65.8 Å². The third-order valence-electron chi connectivity index (χ3n) is 12.0. The maximum atomic E-state index is 12.8. The highest BCUT2D eigenvalue weighted by Gasteiger charge is 2.36. The van der Waals surface area contributed by atoms with Gasteiger partial charge in [-0.15, -0.1) is 0 Å². The minimum Gasteiger partial charge on any atom is -0.443 e.